The third-order valence-corrected chi connectivity index (χ3v) is 7.92. The number of amides is 3. The van der Waals surface area contributed by atoms with Crippen molar-refractivity contribution in [3.63, 3.8) is 0 Å². The van der Waals surface area contributed by atoms with Crippen molar-refractivity contribution in [1.29, 1.82) is 0 Å². The van der Waals surface area contributed by atoms with E-state index in [1.54, 1.807) is 7.11 Å². The van der Waals surface area contributed by atoms with Crippen molar-refractivity contribution in [2.24, 2.45) is 16.8 Å². The molecule has 0 unspecified atom stereocenters. The molecule has 3 aliphatic heterocycles. The highest BCUT2D eigenvalue weighted by Crippen LogP contribution is 2.35. The fourth-order valence-corrected chi connectivity index (χ4v) is 5.90. The van der Waals surface area contributed by atoms with Crippen molar-refractivity contribution >= 4 is 29.3 Å². The Kier molecular flexibility index (Phi) is 8.26. The Morgan fingerprint density at radius 3 is 2.33 bits per heavy atom. The highest BCUT2D eigenvalue weighted by Gasteiger charge is 2.37. The largest absolute Gasteiger partial charge is 0.445 e. The summed E-state index contributed by atoms with van der Waals surface area (Å²) in [6.45, 7) is 3.44. The maximum Gasteiger partial charge on any atom is 0.409 e. The van der Waals surface area contributed by atoms with Crippen LogP contribution >= 0.6 is 0 Å². The molecule has 2 aromatic rings. The number of aliphatic imine (C=N–C) groups is 1. The molecule has 2 saturated heterocycles. The van der Waals surface area contributed by atoms with Crippen LogP contribution in [0.3, 0.4) is 0 Å². The van der Waals surface area contributed by atoms with Crippen molar-refractivity contribution in [2.75, 3.05) is 38.3 Å². The number of carbonyl (C=O) groups is 3. The molecule has 0 radical (unpaired) electrons. The van der Waals surface area contributed by atoms with Gasteiger partial charge in [-0.1, -0.05) is 48.5 Å². The molecule has 206 valence electrons. The summed E-state index contributed by atoms with van der Waals surface area (Å²) < 4.78 is 10.8. The quantitative estimate of drug-likeness (QED) is 0.587. The number of hydrogen-bond donors (Lipinski definition) is 1. The van der Waals surface area contributed by atoms with Gasteiger partial charge in [0, 0.05) is 25.8 Å². The van der Waals surface area contributed by atoms with Gasteiger partial charge in [0.1, 0.15) is 13.2 Å². The zero-order valence-corrected chi connectivity index (χ0v) is 22.6. The third-order valence-electron chi connectivity index (χ3n) is 7.92. The number of para-hydroxylation sites is 1. The number of carbonyl (C=O) groups excluding carboxylic acids is 3. The lowest BCUT2D eigenvalue weighted by molar-refractivity contribution is -0.132. The standard InChI is InChI=1S/C30H36N4O5/c1-20-7-6-10-24-25(19-38-2)31-28(32-30(37)39-18-23-8-4-3-5-9-23)29(36)34(27(20)24)17-26(35)33-15-21-11-12-22(16-33)14-13-21/h3-10,21-22,28H,11-19H2,1-2H3,(H,32,37)/t21?,22?,28-/m1/s1. The van der Waals surface area contributed by atoms with Gasteiger partial charge in [-0.15, -0.1) is 0 Å². The first kappa shape index (κ1) is 26.9. The van der Waals surface area contributed by atoms with Crippen LogP contribution in [0.4, 0.5) is 10.5 Å². The minimum absolute atomic E-state index is 0.0566. The van der Waals surface area contributed by atoms with Crippen molar-refractivity contribution in [1.82, 2.24) is 10.2 Å². The van der Waals surface area contributed by atoms with Gasteiger partial charge in [-0.2, -0.15) is 0 Å². The molecule has 1 atom stereocenters. The normalized spacial score (nSPS) is 22.5. The van der Waals surface area contributed by atoms with Gasteiger partial charge >= 0.3 is 6.09 Å². The number of aryl methyl sites for hydroxylation is 1. The molecular weight excluding hydrogens is 496 g/mol. The molecule has 0 spiro atoms. The molecule has 2 bridgehead atoms. The first-order valence-corrected chi connectivity index (χ1v) is 13.6. The number of rotatable bonds is 7. The number of nitrogens with zero attached hydrogens (tertiary/aromatic N) is 3. The van der Waals surface area contributed by atoms with E-state index >= 15 is 0 Å². The molecule has 3 fully saturated rings. The van der Waals surface area contributed by atoms with Crippen LogP contribution in [0.15, 0.2) is 53.5 Å². The number of benzene rings is 2. The summed E-state index contributed by atoms with van der Waals surface area (Å²) in [4.78, 5) is 48.4. The fourth-order valence-electron chi connectivity index (χ4n) is 5.90. The van der Waals surface area contributed by atoms with E-state index in [4.69, 9.17) is 9.47 Å². The first-order valence-electron chi connectivity index (χ1n) is 13.6. The van der Waals surface area contributed by atoms with E-state index in [1.807, 2.05) is 60.4 Å². The van der Waals surface area contributed by atoms with Crippen LogP contribution in [0.1, 0.15) is 42.4 Å². The second kappa shape index (κ2) is 12.0. The summed E-state index contributed by atoms with van der Waals surface area (Å²) in [6, 6.07) is 15.0. The Morgan fingerprint density at radius 1 is 0.974 bits per heavy atom. The Labute approximate surface area is 229 Å². The Bertz CT molecular complexity index is 1230. The molecule has 0 aromatic heterocycles. The maximum atomic E-state index is 14.0. The van der Waals surface area contributed by atoms with Crippen molar-refractivity contribution in [2.45, 2.75) is 45.4 Å². The van der Waals surface area contributed by atoms with Gasteiger partial charge in [0.15, 0.2) is 0 Å². The summed E-state index contributed by atoms with van der Waals surface area (Å²) in [7, 11) is 1.55. The number of alkyl carbamates (subject to hydrolysis) is 1. The summed E-state index contributed by atoms with van der Waals surface area (Å²) in [5.74, 6) is 0.468. The van der Waals surface area contributed by atoms with E-state index in [-0.39, 0.29) is 25.7 Å². The molecule has 1 N–H and O–H groups in total. The van der Waals surface area contributed by atoms with Crippen LogP contribution in [0, 0.1) is 18.8 Å². The molecule has 2 aromatic carbocycles. The lowest BCUT2D eigenvalue weighted by Gasteiger charge is -2.30. The van der Waals surface area contributed by atoms with Crippen LogP contribution in [0.5, 0.6) is 0 Å². The lowest BCUT2D eigenvalue weighted by atomic mass is 9.84. The summed E-state index contributed by atoms with van der Waals surface area (Å²) >= 11 is 0. The summed E-state index contributed by atoms with van der Waals surface area (Å²) in [6.07, 6.45) is 2.60. The van der Waals surface area contributed by atoms with E-state index in [2.05, 4.69) is 10.3 Å². The van der Waals surface area contributed by atoms with Gasteiger partial charge in [-0.05, 0) is 55.6 Å². The number of ether oxygens (including phenoxy) is 2. The van der Waals surface area contributed by atoms with Crippen LogP contribution < -0.4 is 10.2 Å². The first-order chi connectivity index (χ1) is 18.9. The van der Waals surface area contributed by atoms with Crippen LogP contribution in [0.2, 0.25) is 0 Å². The maximum absolute atomic E-state index is 14.0. The topological polar surface area (TPSA) is 101 Å². The highest BCUT2D eigenvalue weighted by molar-refractivity contribution is 6.15. The van der Waals surface area contributed by atoms with Gasteiger partial charge in [0.2, 0.25) is 12.1 Å². The fraction of sp³-hybridized carbons (Fsp3) is 0.467. The zero-order valence-electron chi connectivity index (χ0n) is 22.6. The molecule has 1 aliphatic carbocycles. The second-order valence-electron chi connectivity index (χ2n) is 10.7. The molecule has 9 nitrogen and oxygen atoms in total. The zero-order chi connectivity index (χ0) is 27.4. The SMILES string of the molecule is COCC1=N[C@H](NC(=O)OCc2ccccc2)C(=O)N(CC(=O)N2CC3CCC(CC3)C2)c2c(C)cccc21. The third kappa shape index (κ3) is 6.14. The second-order valence-corrected chi connectivity index (χ2v) is 10.7. The molecule has 3 heterocycles. The van der Waals surface area contributed by atoms with E-state index in [1.165, 1.54) is 4.90 Å². The molecule has 9 heteroatoms. The van der Waals surface area contributed by atoms with Crippen molar-refractivity contribution < 1.29 is 23.9 Å². The molecule has 39 heavy (non-hydrogen) atoms. The molecular formula is C30H36N4O5. The number of benzodiazepines with no additional fused rings is 1. The summed E-state index contributed by atoms with van der Waals surface area (Å²) in [5.41, 5.74) is 3.49. The van der Waals surface area contributed by atoms with Gasteiger partial charge < -0.3 is 14.4 Å². The van der Waals surface area contributed by atoms with Crippen LogP contribution in [-0.2, 0) is 25.7 Å². The van der Waals surface area contributed by atoms with E-state index in [0.29, 0.717) is 28.8 Å². The minimum Gasteiger partial charge on any atom is -0.445 e. The average molecular weight is 533 g/mol. The number of fused-ring (bicyclic) bond motifs is 5. The Balaban J connectivity index is 1.41. The molecule has 6 rings (SSSR count). The monoisotopic (exact) mass is 532 g/mol. The Morgan fingerprint density at radius 2 is 1.67 bits per heavy atom. The average Bonchev–Trinajstić information content (AvgIpc) is 3.32. The van der Waals surface area contributed by atoms with Crippen LogP contribution in [0.25, 0.3) is 0 Å². The van der Waals surface area contributed by atoms with E-state index < -0.39 is 18.2 Å². The van der Waals surface area contributed by atoms with Crippen LogP contribution in [-0.4, -0.2) is 68.0 Å². The molecule has 1 saturated carbocycles. The van der Waals surface area contributed by atoms with Gasteiger partial charge in [0.25, 0.3) is 5.91 Å². The van der Waals surface area contributed by atoms with E-state index in [9.17, 15) is 14.4 Å². The van der Waals surface area contributed by atoms with E-state index in [0.717, 1.165) is 49.9 Å². The predicted molar refractivity (Wildman–Crippen MR) is 148 cm³/mol. The smallest absolute Gasteiger partial charge is 0.409 e. The number of methoxy groups -OCH3 is 1. The predicted octanol–water partition coefficient (Wildman–Crippen LogP) is 3.68. The molecule has 4 aliphatic rings. The highest BCUT2D eigenvalue weighted by atomic mass is 16.5. The number of hydrogen-bond acceptors (Lipinski definition) is 6. The Hall–Kier alpha value is -3.72. The molecule has 3 amide bonds. The summed E-state index contributed by atoms with van der Waals surface area (Å²) in [5, 5.41) is 2.62. The van der Waals surface area contributed by atoms with Gasteiger partial charge in [-0.25, -0.2) is 4.79 Å². The minimum atomic E-state index is -1.27. The lowest BCUT2D eigenvalue weighted by Crippen LogP contribution is -2.51. The van der Waals surface area contributed by atoms with Crippen molar-refractivity contribution in [3.8, 4) is 0 Å². The van der Waals surface area contributed by atoms with Gasteiger partial charge in [0.05, 0.1) is 18.0 Å². The van der Waals surface area contributed by atoms with Crippen molar-refractivity contribution in [3.05, 3.63) is 65.2 Å². The number of anilines is 1. The number of nitrogens with one attached hydrogen (secondary N) is 1. The van der Waals surface area contributed by atoms with Gasteiger partial charge in [-0.3, -0.25) is 24.8 Å².